The van der Waals surface area contributed by atoms with Gasteiger partial charge in [-0.3, -0.25) is 9.69 Å². The van der Waals surface area contributed by atoms with Gasteiger partial charge in [0, 0.05) is 27.0 Å². The smallest absolute Gasteiger partial charge is 0.238 e. The van der Waals surface area contributed by atoms with E-state index in [1.165, 1.54) is 16.7 Å². The van der Waals surface area contributed by atoms with Crippen molar-refractivity contribution < 1.29 is 9.00 Å². The number of likely N-dealkylation sites (N-methyl/N-ethyl adjacent to an activating group) is 1. The summed E-state index contributed by atoms with van der Waals surface area (Å²) in [4.78, 5) is 16.0. The third-order valence-electron chi connectivity index (χ3n) is 6.50. The van der Waals surface area contributed by atoms with Gasteiger partial charge in [0.2, 0.25) is 5.91 Å². The van der Waals surface area contributed by atoms with Gasteiger partial charge >= 0.3 is 0 Å². The van der Waals surface area contributed by atoms with E-state index < -0.39 is 10.8 Å². The lowest BCUT2D eigenvalue weighted by Crippen LogP contribution is -2.32. The van der Waals surface area contributed by atoms with E-state index in [1.54, 1.807) is 19.2 Å². The number of rotatable bonds is 8. The van der Waals surface area contributed by atoms with Crippen LogP contribution >= 0.6 is 11.6 Å². The maximum Gasteiger partial charge on any atom is 0.238 e. The Labute approximate surface area is 215 Å². The van der Waals surface area contributed by atoms with Crippen molar-refractivity contribution in [2.75, 3.05) is 32.0 Å². The Kier molecular flexibility index (Phi) is 8.74. The molecule has 5 nitrogen and oxygen atoms in total. The van der Waals surface area contributed by atoms with Gasteiger partial charge in [0.25, 0.3) is 0 Å². The molecule has 2 N–H and O–H groups in total. The van der Waals surface area contributed by atoms with Crippen molar-refractivity contribution >= 4 is 34.0 Å². The highest BCUT2D eigenvalue weighted by Crippen LogP contribution is 2.32. The molecule has 1 heterocycles. The molecule has 1 aliphatic heterocycles. The Balaban J connectivity index is 1.33. The number of benzene rings is 3. The van der Waals surface area contributed by atoms with Gasteiger partial charge in [0.15, 0.2) is 0 Å². The van der Waals surface area contributed by atoms with Crippen molar-refractivity contribution in [1.29, 1.82) is 0 Å². The van der Waals surface area contributed by atoms with Crippen molar-refractivity contribution in [1.82, 2.24) is 10.2 Å². The summed E-state index contributed by atoms with van der Waals surface area (Å²) in [5.41, 5.74) is 4.70. The average Bonchev–Trinajstić information content (AvgIpc) is 2.86. The number of nitrogens with one attached hydrogen (secondary N) is 2. The van der Waals surface area contributed by atoms with Crippen LogP contribution in [0, 0.1) is 6.92 Å². The number of amides is 1. The number of piperidine rings is 1. The lowest BCUT2D eigenvalue weighted by Gasteiger charge is -2.33. The van der Waals surface area contributed by atoms with Crippen LogP contribution in [0.4, 0.5) is 5.69 Å². The third-order valence-corrected chi connectivity index (χ3v) is 8.15. The molecule has 35 heavy (non-hydrogen) atoms. The number of halogens is 1. The molecule has 0 spiro atoms. The summed E-state index contributed by atoms with van der Waals surface area (Å²) in [6.45, 7) is 5.40. The molecule has 3 aromatic rings. The molecule has 0 aromatic heterocycles. The van der Waals surface area contributed by atoms with Crippen LogP contribution in [-0.2, 0) is 22.1 Å². The highest BCUT2D eigenvalue weighted by molar-refractivity contribution is 7.85. The molecule has 0 bridgehead atoms. The summed E-state index contributed by atoms with van der Waals surface area (Å²) in [6, 6.07) is 21.5. The molecule has 1 aliphatic rings. The largest absolute Gasteiger partial charge is 0.325 e. The summed E-state index contributed by atoms with van der Waals surface area (Å²) in [6.07, 6.45) is 2.18. The Hall–Kier alpha value is -2.51. The Morgan fingerprint density at radius 3 is 2.26 bits per heavy atom. The Bertz CT molecular complexity index is 1170. The molecule has 1 saturated heterocycles. The molecule has 184 valence electrons. The summed E-state index contributed by atoms with van der Waals surface area (Å²) in [5, 5.41) is 6.50. The second-order valence-corrected chi connectivity index (χ2v) is 11.0. The molecule has 1 amide bonds. The third kappa shape index (κ3) is 6.79. The molecular formula is C28H32ClN3O2S. The van der Waals surface area contributed by atoms with Gasteiger partial charge in [-0.05, 0) is 111 Å². The van der Waals surface area contributed by atoms with Gasteiger partial charge in [-0.15, -0.1) is 0 Å². The lowest BCUT2D eigenvalue weighted by molar-refractivity contribution is -0.115. The van der Waals surface area contributed by atoms with Crippen molar-refractivity contribution in [3.05, 3.63) is 88.4 Å². The quantitative estimate of drug-likeness (QED) is 0.429. The zero-order valence-electron chi connectivity index (χ0n) is 20.2. The topological polar surface area (TPSA) is 61.4 Å². The number of carbonyl (C=O) groups excluding carboxylic acids is 1. The molecule has 3 aromatic carbocycles. The van der Waals surface area contributed by atoms with E-state index >= 15 is 0 Å². The van der Waals surface area contributed by atoms with Crippen LogP contribution in [-0.4, -0.2) is 41.7 Å². The standard InChI is InChI=1S/C28H32ClN3O2S/c1-20-3-8-24(31-28(33)18-30-2)17-27(20)22-13-15-32(16-14-22)19-21-4-9-25(10-5-21)35(34)26-11-6-23(29)7-12-26/h3-12,17,22,30H,13-16,18-19H2,1-2H3,(H,31,33). The van der Waals surface area contributed by atoms with Gasteiger partial charge < -0.3 is 10.6 Å². The molecule has 7 heteroatoms. The first-order valence-corrected chi connectivity index (χ1v) is 13.5. The van der Waals surface area contributed by atoms with E-state index in [0.29, 0.717) is 17.5 Å². The van der Waals surface area contributed by atoms with Crippen LogP contribution < -0.4 is 10.6 Å². The first kappa shape index (κ1) is 25.6. The van der Waals surface area contributed by atoms with Crippen molar-refractivity contribution in [2.45, 2.75) is 42.0 Å². The zero-order chi connectivity index (χ0) is 24.8. The number of hydrogen-bond acceptors (Lipinski definition) is 4. The fourth-order valence-electron chi connectivity index (χ4n) is 4.60. The number of aryl methyl sites for hydroxylation is 1. The second kappa shape index (κ2) is 12.0. The fourth-order valence-corrected chi connectivity index (χ4v) is 5.76. The second-order valence-electron chi connectivity index (χ2n) is 9.07. The first-order valence-electron chi connectivity index (χ1n) is 12.0. The predicted molar refractivity (Wildman–Crippen MR) is 144 cm³/mol. The van der Waals surface area contributed by atoms with Crippen molar-refractivity contribution in [2.24, 2.45) is 0 Å². The molecule has 0 saturated carbocycles. The average molecular weight is 510 g/mol. The maximum absolute atomic E-state index is 12.8. The highest BCUT2D eigenvalue weighted by atomic mass is 35.5. The van der Waals surface area contributed by atoms with Gasteiger partial charge in [0.1, 0.15) is 0 Å². The SMILES string of the molecule is CNCC(=O)Nc1ccc(C)c(C2CCN(Cc3ccc(S(=O)c4ccc(Cl)cc4)cc3)CC2)c1. The molecule has 1 fully saturated rings. The van der Waals surface area contributed by atoms with Crippen LogP contribution in [0.25, 0.3) is 0 Å². The van der Waals surface area contributed by atoms with E-state index in [4.69, 9.17) is 11.6 Å². The van der Waals surface area contributed by atoms with Crippen molar-refractivity contribution in [3.63, 3.8) is 0 Å². The van der Waals surface area contributed by atoms with E-state index in [1.807, 2.05) is 30.3 Å². The molecule has 0 radical (unpaired) electrons. The number of nitrogens with zero attached hydrogens (tertiary/aromatic N) is 1. The molecular weight excluding hydrogens is 478 g/mol. The minimum atomic E-state index is -1.21. The molecule has 1 atom stereocenters. The zero-order valence-corrected chi connectivity index (χ0v) is 21.8. The number of hydrogen-bond donors (Lipinski definition) is 2. The summed E-state index contributed by atoms with van der Waals surface area (Å²) in [7, 11) is 0.561. The van der Waals surface area contributed by atoms with Crippen LogP contribution in [0.15, 0.2) is 76.5 Å². The van der Waals surface area contributed by atoms with E-state index in [2.05, 4.69) is 46.7 Å². The predicted octanol–water partition coefficient (Wildman–Crippen LogP) is 5.35. The van der Waals surface area contributed by atoms with E-state index in [0.717, 1.165) is 48.0 Å². The van der Waals surface area contributed by atoms with Gasteiger partial charge in [0.05, 0.1) is 17.3 Å². The van der Waals surface area contributed by atoms with Gasteiger partial charge in [-0.2, -0.15) is 0 Å². The minimum Gasteiger partial charge on any atom is -0.325 e. The first-order chi connectivity index (χ1) is 16.9. The van der Waals surface area contributed by atoms with Crippen LogP contribution in [0.2, 0.25) is 5.02 Å². The van der Waals surface area contributed by atoms with Crippen LogP contribution in [0.5, 0.6) is 0 Å². The number of anilines is 1. The van der Waals surface area contributed by atoms with Gasteiger partial charge in [-0.1, -0.05) is 29.8 Å². The lowest BCUT2D eigenvalue weighted by atomic mass is 9.86. The molecule has 4 rings (SSSR count). The van der Waals surface area contributed by atoms with Gasteiger partial charge in [-0.25, -0.2) is 4.21 Å². The Morgan fingerprint density at radius 2 is 1.63 bits per heavy atom. The summed E-state index contributed by atoms with van der Waals surface area (Å²) < 4.78 is 12.8. The normalized spacial score (nSPS) is 15.6. The fraction of sp³-hybridized carbons (Fsp3) is 0.321. The monoisotopic (exact) mass is 509 g/mol. The molecule has 1 unspecified atom stereocenters. The van der Waals surface area contributed by atoms with E-state index in [9.17, 15) is 9.00 Å². The number of likely N-dealkylation sites (tertiary alicyclic amines) is 1. The van der Waals surface area contributed by atoms with E-state index in [-0.39, 0.29) is 5.91 Å². The van der Waals surface area contributed by atoms with Crippen LogP contribution in [0.1, 0.15) is 35.4 Å². The van der Waals surface area contributed by atoms with Crippen molar-refractivity contribution in [3.8, 4) is 0 Å². The molecule has 0 aliphatic carbocycles. The Morgan fingerprint density at radius 1 is 1.00 bits per heavy atom. The van der Waals surface area contributed by atoms with Crippen LogP contribution in [0.3, 0.4) is 0 Å². The highest BCUT2D eigenvalue weighted by Gasteiger charge is 2.22. The minimum absolute atomic E-state index is 0.0276. The maximum atomic E-state index is 12.8. The summed E-state index contributed by atoms with van der Waals surface area (Å²) in [5.74, 6) is 0.469. The summed E-state index contributed by atoms with van der Waals surface area (Å²) >= 11 is 5.94. The number of carbonyl (C=O) groups is 1.